The molecule has 0 aromatic heterocycles. The van der Waals surface area contributed by atoms with E-state index in [1.54, 1.807) is 6.42 Å². The SMILES string of the molecule is Nc1cccc(CNC23CC4CC5CC(C2)C5(C4)C3)c1. The van der Waals surface area contributed by atoms with E-state index in [-0.39, 0.29) is 0 Å². The summed E-state index contributed by atoms with van der Waals surface area (Å²) in [5.41, 5.74) is 9.36. The summed E-state index contributed by atoms with van der Waals surface area (Å²) >= 11 is 0. The van der Waals surface area contributed by atoms with Crippen molar-refractivity contribution in [2.45, 2.75) is 50.6 Å². The van der Waals surface area contributed by atoms with E-state index in [4.69, 9.17) is 5.73 Å². The van der Waals surface area contributed by atoms with Gasteiger partial charge >= 0.3 is 0 Å². The van der Waals surface area contributed by atoms with Gasteiger partial charge in [-0.05, 0) is 79.4 Å². The lowest BCUT2D eigenvalue weighted by Gasteiger charge is -2.49. The van der Waals surface area contributed by atoms with Crippen LogP contribution in [0.4, 0.5) is 5.69 Å². The molecule has 4 saturated carbocycles. The van der Waals surface area contributed by atoms with Crippen LogP contribution >= 0.6 is 0 Å². The lowest BCUT2D eigenvalue weighted by molar-refractivity contribution is -0.000830. The van der Waals surface area contributed by atoms with Crippen molar-refractivity contribution >= 4 is 5.69 Å². The molecule has 1 aromatic rings. The molecule has 1 spiro atoms. The molecule has 4 aliphatic rings. The van der Waals surface area contributed by atoms with Crippen LogP contribution in [0.15, 0.2) is 24.3 Å². The van der Waals surface area contributed by atoms with E-state index in [2.05, 4.69) is 23.5 Å². The molecule has 0 radical (unpaired) electrons. The molecule has 0 saturated heterocycles. The van der Waals surface area contributed by atoms with Gasteiger partial charge in [-0.25, -0.2) is 0 Å². The maximum Gasteiger partial charge on any atom is 0.0317 e. The molecule has 0 heterocycles. The van der Waals surface area contributed by atoms with E-state index in [0.717, 1.165) is 35.4 Å². The zero-order chi connectivity index (χ0) is 13.4. The summed E-state index contributed by atoms with van der Waals surface area (Å²) in [5.74, 6) is 3.17. The highest BCUT2D eigenvalue weighted by molar-refractivity contribution is 5.40. The fraction of sp³-hybridized carbons (Fsp3) is 0.667. The summed E-state index contributed by atoms with van der Waals surface area (Å²) in [6.45, 7) is 0.991. The minimum atomic E-state index is 0.462. The van der Waals surface area contributed by atoms with E-state index in [1.807, 2.05) is 6.07 Å². The van der Waals surface area contributed by atoms with Crippen molar-refractivity contribution in [3.8, 4) is 0 Å². The van der Waals surface area contributed by atoms with E-state index in [1.165, 1.54) is 37.7 Å². The average molecular weight is 268 g/mol. The number of nitrogens with one attached hydrogen (secondary N) is 1. The summed E-state index contributed by atoms with van der Waals surface area (Å²) in [4.78, 5) is 0. The van der Waals surface area contributed by atoms with Crippen LogP contribution in [0, 0.1) is 23.2 Å². The van der Waals surface area contributed by atoms with Gasteiger partial charge in [0.2, 0.25) is 0 Å². The zero-order valence-electron chi connectivity index (χ0n) is 12.1. The number of nitrogens with two attached hydrogens (primary N) is 1. The largest absolute Gasteiger partial charge is 0.399 e. The predicted molar refractivity (Wildman–Crippen MR) is 81.0 cm³/mol. The minimum absolute atomic E-state index is 0.462. The first-order chi connectivity index (χ1) is 9.68. The summed E-state index contributed by atoms with van der Waals surface area (Å²) in [6.07, 6.45) is 8.99. The van der Waals surface area contributed by atoms with Crippen LogP contribution in [0.2, 0.25) is 0 Å². The normalized spacial score (nSPS) is 47.3. The van der Waals surface area contributed by atoms with Gasteiger partial charge in [0.05, 0.1) is 0 Å². The molecular weight excluding hydrogens is 244 g/mol. The monoisotopic (exact) mass is 268 g/mol. The second-order valence-electron chi connectivity index (χ2n) is 8.13. The number of hydrogen-bond donors (Lipinski definition) is 2. The van der Waals surface area contributed by atoms with Gasteiger partial charge < -0.3 is 11.1 Å². The third kappa shape index (κ3) is 1.38. The fourth-order valence-electron chi connectivity index (χ4n) is 6.56. The van der Waals surface area contributed by atoms with Gasteiger partial charge in [0.15, 0.2) is 0 Å². The Balaban J connectivity index is 1.37. The van der Waals surface area contributed by atoms with Gasteiger partial charge in [0, 0.05) is 17.8 Å². The van der Waals surface area contributed by atoms with E-state index in [0.29, 0.717) is 5.54 Å². The molecule has 2 nitrogen and oxygen atoms in total. The molecular formula is C18H24N2. The first-order valence-corrected chi connectivity index (χ1v) is 8.27. The van der Waals surface area contributed by atoms with Gasteiger partial charge in [0.1, 0.15) is 0 Å². The standard InChI is InChI=1S/C18H24N2/c19-16-3-1-2-12(5-16)10-20-17-7-13-4-14-6-15(9-17)18(14,8-13)11-17/h1-3,5,13-15,20H,4,6-11,19H2. The van der Waals surface area contributed by atoms with Crippen LogP contribution in [0.1, 0.15) is 44.1 Å². The van der Waals surface area contributed by atoms with Gasteiger partial charge in [0.25, 0.3) is 0 Å². The highest BCUT2D eigenvalue weighted by Crippen LogP contribution is 2.76. The average Bonchev–Trinajstić information content (AvgIpc) is 2.73. The molecule has 2 heteroatoms. The van der Waals surface area contributed by atoms with Crippen LogP contribution in [0.25, 0.3) is 0 Å². The Kier molecular flexibility index (Phi) is 2.09. The van der Waals surface area contributed by atoms with Crippen molar-refractivity contribution in [2.75, 3.05) is 5.73 Å². The summed E-state index contributed by atoms with van der Waals surface area (Å²) in [7, 11) is 0. The zero-order valence-corrected chi connectivity index (χ0v) is 12.1. The van der Waals surface area contributed by atoms with Gasteiger partial charge in [-0.1, -0.05) is 12.1 Å². The summed E-state index contributed by atoms with van der Waals surface area (Å²) in [6, 6.07) is 8.36. The molecule has 5 rings (SSSR count). The lowest BCUT2D eigenvalue weighted by Crippen LogP contribution is -2.47. The summed E-state index contributed by atoms with van der Waals surface area (Å²) in [5, 5.41) is 3.97. The fourth-order valence-corrected chi connectivity index (χ4v) is 6.56. The van der Waals surface area contributed by atoms with E-state index < -0.39 is 0 Å². The number of fused-ring (bicyclic) bond motifs is 2. The molecule has 5 atom stereocenters. The molecule has 4 fully saturated rings. The highest BCUT2D eigenvalue weighted by atomic mass is 15.0. The van der Waals surface area contributed by atoms with Crippen molar-refractivity contribution in [1.29, 1.82) is 0 Å². The molecule has 106 valence electrons. The van der Waals surface area contributed by atoms with Crippen molar-refractivity contribution in [3.63, 3.8) is 0 Å². The minimum Gasteiger partial charge on any atom is -0.399 e. The Morgan fingerprint density at radius 3 is 3.00 bits per heavy atom. The number of rotatable bonds is 3. The van der Waals surface area contributed by atoms with Crippen LogP contribution in [0.5, 0.6) is 0 Å². The maximum atomic E-state index is 5.90. The Morgan fingerprint density at radius 2 is 2.10 bits per heavy atom. The van der Waals surface area contributed by atoms with Crippen LogP contribution in [0.3, 0.4) is 0 Å². The van der Waals surface area contributed by atoms with Crippen LogP contribution in [-0.2, 0) is 6.54 Å². The molecule has 5 unspecified atom stereocenters. The Labute approximate surface area is 121 Å². The molecule has 3 N–H and O–H groups in total. The van der Waals surface area contributed by atoms with Crippen molar-refractivity contribution in [3.05, 3.63) is 29.8 Å². The van der Waals surface area contributed by atoms with Crippen molar-refractivity contribution < 1.29 is 0 Å². The first-order valence-electron chi connectivity index (χ1n) is 8.27. The van der Waals surface area contributed by atoms with Crippen molar-refractivity contribution in [2.24, 2.45) is 23.2 Å². The Hall–Kier alpha value is -1.02. The van der Waals surface area contributed by atoms with Crippen LogP contribution in [-0.4, -0.2) is 5.54 Å². The maximum absolute atomic E-state index is 5.90. The number of benzene rings is 1. The van der Waals surface area contributed by atoms with Gasteiger partial charge in [-0.3, -0.25) is 0 Å². The van der Waals surface area contributed by atoms with E-state index >= 15 is 0 Å². The van der Waals surface area contributed by atoms with Gasteiger partial charge in [-0.15, -0.1) is 0 Å². The van der Waals surface area contributed by atoms with Crippen molar-refractivity contribution in [1.82, 2.24) is 5.32 Å². The number of anilines is 1. The van der Waals surface area contributed by atoms with E-state index in [9.17, 15) is 0 Å². The number of hydrogen-bond acceptors (Lipinski definition) is 2. The van der Waals surface area contributed by atoms with Crippen LogP contribution < -0.4 is 11.1 Å². The Bertz CT molecular complexity index is 564. The first kappa shape index (κ1) is 11.6. The Morgan fingerprint density at radius 1 is 1.15 bits per heavy atom. The quantitative estimate of drug-likeness (QED) is 0.825. The predicted octanol–water partition coefficient (Wildman–Crippen LogP) is 3.33. The molecule has 1 aromatic carbocycles. The molecule has 20 heavy (non-hydrogen) atoms. The lowest BCUT2D eigenvalue weighted by atomic mass is 9.56. The molecule has 0 aliphatic heterocycles. The third-order valence-electron chi connectivity index (χ3n) is 7.08. The highest BCUT2D eigenvalue weighted by Gasteiger charge is 2.70. The second kappa shape index (κ2) is 3.59. The molecule has 3 bridgehead atoms. The topological polar surface area (TPSA) is 38.0 Å². The van der Waals surface area contributed by atoms with Gasteiger partial charge in [-0.2, -0.15) is 0 Å². The third-order valence-corrected chi connectivity index (χ3v) is 7.08. The number of nitrogen functional groups attached to an aromatic ring is 1. The second-order valence-corrected chi connectivity index (χ2v) is 8.13. The summed E-state index contributed by atoms with van der Waals surface area (Å²) < 4.78 is 0. The smallest absolute Gasteiger partial charge is 0.0317 e. The molecule has 4 aliphatic carbocycles. The molecule has 0 amide bonds.